The molecule has 1 aromatic heterocycles. The Hall–Kier alpha value is -1.95. The molecular weight excluding hydrogens is 254 g/mol. The zero-order valence-electron chi connectivity index (χ0n) is 12.0. The molecule has 0 aliphatic heterocycles. The van der Waals surface area contributed by atoms with Gasteiger partial charge in [-0.3, -0.25) is 0 Å². The maximum Gasteiger partial charge on any atom is 0.176 e. The number of unbranched alkanes of at least 4 members (excludes halogenated alkanes) is 1. The SMILES string of the molecule is CCCCOc1ccc(C(N)Cc2nnn(C)n2)cc1. The van der Waals surface area contributed by atoms with Crippen molar-refractivity contribution in [3.8, 4) is 5.75 Å². The summed E-state index contributed by atoms with van der Waals surface area (Å²) in [6, 6.07) is 7.75. The molecule has 0 bridgehead atoms. The molecule has 6 nitrogen and oxygen atoms in total. The summed E-state index contributed by atoms with van der Waals surface area (Å²) in [5.74, 6) is 1.54. The zero-order valence-corrected chi connectivity index (χ0v) is 12.0. The summed E-state index contributed by atoms with van der Waals surface area (Å²) >= 11 is 0. The molecule has 0 aliphatic rings. The summed E-state index contributed by atoms with van der Waals surface area (Å²) in [6.45, 7) is 2.90. The topological polar surface area (TPSA) is 78.9 Å². The summed E-state index contributed by atoms with van der Waals surface area (Å²) in [4.78, 5) is 1.44. The molecule has 0 saturated carbocycles. The van der Waals surface area contributed by atoms with Crippen molar-refractivity contribution in [3.05, 3.63) is 35.7 Å². The summed E-state index contributed by atoms with van der Waals surface area (Å²) in [7, 11) is 1.74. The molecule has 0 saturated heterocycles. The normalized spacial score (nSPS) is 12.3. The molecule has 2 rings (SSSR count). The molecule has 108 valence electrons. The minimum Gasteiger partial charge on any atom is -0.494 e. The highest BCUT2D eigenvalue weighted by molar-refractivity contribution is 5.29. The van der Waals surface area contributed by atoms with Crippen molar-refractivity contribution in [2.24, 2.45) is 12.8 Å². The Balaban J connectivity index is 1.91. The maximum absolute atomic E-state index is 6.15. The molecule has 1 unspecified atom stereocenters. The van der Waals surface area contributed by atoms with Gasteiger partial charge < -0.3 is 10.5 Å². The van der Waals surface area contributed by atoms with Crippen LogP contribution >= 0.6 is 0 Å². The molecule has 1 heterocycles. The van der Waals surface area contributed by atoms with Gasteiger partial charge in [0.25, 0.3) is 0 Å². The number of nitrogens with two attached hydrogens (primary N) is 1. The second kappa shape index (κ2) is 7.00. The third-order valence-corrected chi connectivity index (χ3v) is 3.03. The molecule has 2 N–H and O–H groups in total. The molecule has 1 aromatic carbocycles. The number of aryl methyl sites for hydroxylation is 1. The van der Waals surface area contributed by atoms with Gasteiger partial charge in [-0.2, -0.15) is 4.80 Å². The quantitative estimate of drug-likeness (QED) is 0.777. The smallest absolute Gasteiger partial charge is 0.176 e. The van der Waals surface area contributed by atoms with Crippen LogP contribution < -0.4 is 10.5 Å². The number of ether oxygens (including phenoxy) is 1. The largest absolute Gasteiger partial charge is 0.494 e. The molecule has 6 heteroatoms. The van der Waals surface area contributed by atoms with Gasteiger partial charge in [0.15, 0.2) is 5.82 Å². The van der Waals surface area contributed by atoms with Gasteiger partial charge in [0.1, 0.15) is 5.75 Å². The highest BCUT2D eigenvalue weighted by Gasteiger charge is 2.10. The van der Waals surface area contributed by atoms with Crippen molar-refractivity contribution in [2.45, 2.75) is 32.2 Å². The van der Waals surface area contributed by atoms with Crippen LogP contribution in [0.15, 0.2) is 24.3 Å². The van der Waals surface area contributed by atoms with E-state index in [0.717, 1.165) is 30.8 Å². The van der Waals surface area contributed by atoms with Gasteiger partial charge in [0.2, 0.25) is 0 Å². The van der Waals surface area contributed by atoms with Crippen LogP contribution in [0, 0.1) is 0 Å². The van der Waals surface area contributed by atoms with E-state index in [-0.39, 0.29) is 6.04 Å². The van der Waals surface area contributed by atoms with Crippen LogP contribution in [0.1, 0.15) is 37.2 Å². The zero-order chi connectivity index (χ0) is 14.4. The number of benzene rings is 1. The van der Waals surface area contributed by atoms with Gasteiger partial charge in [0.05, 0.1) is 13.7 Å². The fourth-order valence-electron chi connectivity index (χ4n) is 1.87. The van der Waals surface area contributed by atoms with Crippen LogP contribution in [-0.2, 0) is 13.5 Å². The Labute approximate surface area is 118 Å². The van der Waals surface area contributed by atoms with Crippen molar-refractivity contribution in [1.29, 1.82) is 0 Å². The number of tetrazole rings is 1. The second-order valence-corrected chi connectivity index (χ2v) is 4.78. The van der Waals surface area contributed by atoms with E-state index in [1.807, 2.05) is 24.3 Å². The monoisotopic (exact) mass is 275 g/mol. The van der Waals surface area contributed by atoms with E-state index in [1.165, 1.54) is 4.80 Å². The van der Waals surface area contributed by atoms with E-state index in [9.17, 15) is 0 Å². The lowest BCUT2D eigenvalue weighted by Gasteiger charge is -2.11. The lowest BCUT2D eigenvalue weighted by molar-refractivity contribution is 0.309. The first-order chi connectivity index (χ1) is 9.69. The summed E-state index contributed by atoms with van der Waals surface area (Å²) in [5.41, 5.74) is 7.19. The fourth-order valence-corrected chi connectivity index (χ4v) is 1.87. The summed E-state index contributed by atoms with van der Waals surface area (Å²) < 4.78 is 5.62. The van der Waals surface area contributed by atoms with Crippen LogP contribution in [0.5, 0.6) is 5.75 Å². The van der Waals surface area contributed by atoms with Crippen molar-refractivity contribution in [3.63, 3.8) is 0 Å². The minimum atomic E-state index is -0.135. The summed E-state index contributed by atoms with van der Waals surface area (Å²) in [6.07, 6.45) is 2.78. The Kier molecular flexibility index (Phi) is 5.06. The molecule has 0 aliphatic carbocycles. The molecule has 0 amide bonds. The highest BCUT2D eigenvalue weighted by atomic mass is 16.5. The van der Waals surface area contributed by atoms with Crippen LogP contribution in [0.2, 0.25) is 0 Å². The first-order valence-corrected chi connectivity index (χ1v) is 6.90. The lowest BCUT2D eigenvalue weighted by Crippen LogP contribution is -2.14. The number of aromatic nitrogens is 4. The molecule has 0 radical (unpaired) electrons. The molecule has 1 atom stereocenters. The Bertz CT molecular complexity index is 523. The first kappa shape index (κ1) is 14.5. The average molecular weight is 275 g/mol. The van der Waals surface area contributed by atoms with Gasteiger partial charge in [0, 0.05) is 12.5 Å². The van der Waals surface area contributed by atoms with Crippen LogP contribution in [0.3, 0.4) is 0 Å². The van der Waals surface area contributed by atoms with E-state index in [2.05, 4.69) is 22.3 Å². The number of rotatable bonds is 7. The maximum atomic E-state index is 6.15. The Morgan fingerprint density at radius 3 is 2.65 bits per heavy atom. The van der Waals surface area contributed by atoms with Crippen molar-refractivity contribution in [2.75, 3.05) is 6.61 Å². The van der Waals surface area contributed by atoms with Gasteiger partial charge in [-0.15, -0.1) is 10.2 Å². The Morgan fingerprint density at radius 2 is 2.05 bits per heavy atom. The third-order valence-electron chi connectivity index (χ3n) is 3.03. The minimum absolute atomic E-state index is 0.135. The first-order valence-electron chi connectivity index (χ1n) is 6.90. The molecular formula is C14H21N5O. The molecule has 0 spiro atoms. The van der Waals surface area contributed by atoms with Gasteiger partial charge >= 0.3 is 0 Å². The van der Waals surface area contributed by atoms with E-state index in [0.29, 0.717) is 12.2 Å². The fraction of sp³-hybridized carbons (Fsp3) is 0.500. The summed E-state index contributed by atoms with van der Waals surface area (Å²) in [5, 5.41) is 11.9. The molecule has 0 fully saturated rings. The van der Waals surface area contributed by atoms with Crippen molar-refractivity contribution >= 4 is 0 Å². The van der Waals surface area contributed by atoms with E-state index in [4.69, 9.17) is 10.5 Å². The van der Waals surface area contributed by atoms with E-state index in [1.54, 1.807) is 7.05 Å². The highest BCUT2D eigenvalue weighted by Crippen LogP contribution is 2.18. The van der Waals surface area contributed by atoms with Crippen LogP contribution in [0.4, 0.5) is 0 Å². The van der Waals surface area contributed by atoms with E-state index < -0.39 is 0 Å². The molecule has 20 heavy (non-hydrogen) atoms. The van der Waals surface area contributed by atoms with Crippen LogP contribution in [0.25, 0.3) is 0 Å². The lowest BCUT2D eigenvalue weighted by atomic mass is 10.0. The second-order valence-electron chi connectivity index (χ2n) is 4.78. The number of hydrogen-bond donors (Lipinski definition) is 1. The van der Waals surface area contributed by atoms with Gasteiger partial charge in [-0.05, 0) is 29.3 Å². The number of hydrogen-bond acceptors (Lipinski definition) is 5. The Morgan fingerprint density at radius 1 is 1.30 bits per heavy atom. The number of nitrogens with zero attached hydrogens (tertiary/aromatic N) is 4. The predicted octanol–water partition coefficient (Wildman–Crippen LogP) is 1.63. The van der Waals surface area contributed by atoms with Crippen LogP contribution in [-0.4, -0.2) is 26.8 Å². The average Bonchev–Trinajstić information content (AvgIpc) is 2.85. The predicted molar refractivity (Wildman–Crippen MR) is 76.3 cm³/mol. The van der Waals surface area contributed by atoms with Gasteiger partial charge in [-0.25, -0.2) is 0 Å². The molecule has 2 aromatic rings. The van der Waals surface area contributed by atoms with Gasteiger partial charge in [-0.1, -0.05) is 25.5 Å². The van der Waals surface area contributed by atoms with Crippen molar-refractivity contribution < 1.29 is 4.74 Å². The van der Waals surface area contributed by atoms with E-state index >= 15 is 0 Å². The van der Waals surface area contributed by atoms with Crippen molar-refractivity contribution in [1.82, 2.24) is 20.2 Å². The standard InChI is InChI=1S/C14H21N5O/c1-3-4-9-20-12-7-5-11(6-8-12)13(15)10-14-16-18-19(2)17-14/h5-8,13H,3-4,9-10,15H2,1-2H3. The third kappa shape index (κ3) is 4.03.